The molecule has 2 rings (SSSR count). The average Bonchev–Trinajstić information content (AvgIpc) is 2.49. The van der Waals surface area contributed by atoms with E-state index in [4.69, 9.17) is 17.0 Å². The van der Waals surface area contributed by atoms with E-state index in [2.05, 4.69) is 29.7 Å². The molecule has 0 unspecified atom stereocenters. The molecule has 3 nitrogen and oxygen atoms in total. The molecule has 0 spiro atoms. The molecular formula is C17H20N2OS. The van der Waals surface area contributed by atoms with Crippen LogP contribution in [-0.2, 0) is 6.54 Å². The van der Waals surface area contributed by atoms with E-state index in [1.807, 2.05) is 43.3 Å². The SMILES string of the molecule is CCOc1ccccc1NC(=S)NCc1ccccc1C. The highest BCUT2D eigenvalue weighted by Gasteiger charge is 2.04. The van der Waals surface area contributed by atoms with Crippen molar-refractivity contribution in [2.24, 2.45) is 0 Å². The third-order valence-corrected chi connectivity index (χ3v) is 3.38. The lowest BCUT2D eigenvalue weighted by molar-refractivity contribution is 0.342. The fourth-order valence-corrected chi connectivity index (χ4v) is 2.18. The van der Waals surface area contributed by atoms with Gasteiger partial charge in [0.1, 0.15) is 5.75 Å². The van der Waals surface area contributed by atoms with Crippen LogP contribution in [0, 0.1) is 6.92 Å². The topological polar surface area (TPSA) is 33.3 Å². The average molecular weight is 300 g/mol. The number of para-hydroxylation sites is 2. The van der Waals surface area contributed by atoms with Crippen molar-refractivity contribution in [3.63, 3.8) is 0 Å². The van der Waals surface area contributed by atoms with Gasteiger partial charge in [0.15, 0.2) is 5.11 Å². The van der Waals surface area contributed by atoms with Crippen LogP contribution in [-0.4, -0.2) is 11.7 Å². The number of hydrogen-bond donors (Lipinski definition) is 2. The highest BCUT2D eigenvalue weighted by atomic mass is 32.1. The first-order chi connectivity index (χ1) is 10.2. The van der Waals surface area contributed by atoms with Crippen molar-refractivity contribution in [3.05, 3.63) is 59.7 Å². The first-order valence-corrected chi connectivity index (χ1v) is 7.42. The molecule has 21 heavy (non-hydrogen) atoms. The molecule has 0 aliphatic rings. The van der Waals surface area contributed by atoms with Gasteiger partial charge in [-0.25, -0.2) is 0 Å². The molecule has 0 fully saturated rings. The number of benzene rings is 2. The lowest BCUT2D eigenvalue weighted by Crippen LogP contribution is -2.28. The number of nitrogens with one attached hydrogen (secondary N) is 2. The summed E-state index contributed by atoms with van der Waals surface area (Å²) in [7, 11) is 0. The quantitative estimate of drug-likeness (QED) is 0.821. The minimum atomic E-state index is 0.588. The van der Waals surface area contributed by atoms with Crippen molar-refractivity contribution in [1.82, 2.24) is 5.32 Å². The summed E-state index contributed by atoms with van der Waals surface area (Å²) in [6.07, 6.45) is 0. The molecule has 0 saturated heterocycles. The summed E-state index contributed by atoms with van der Waals surface area (Å²) in [5.41, 5.74) is 3.36. The molecule has 0 aromatic heterocycles. The zero-order chi connectivity index (χ0) is 15.1. The Kier molecular flexibility index (Phi) is 5.58. The van der Waals surface area contributed by atoms with Crippen molar-refractivity contribution in [2.45, 2.75) is 20.4 Å². The highest BCUT2D eigenvalue weighted by molar-refractivity contribution is 7.80. The maximum atomic E-state index is 5.57. The van der Waals surface area contributed by atoms with E-state index in [1.165, 1.54) is 11.1 Å². The van der Waals surface area contributed by atoms with Gasteiger partial charge in [0.05, 0.1) is 12.3 Å². The van der Waals surface area contributed by atoms with E-state index in [0.717, 1.165) is 11.4 Å². The van der Waals surface area contributed by atoms with Crippen LogP contribution in [0.25, 0.3) is 0 Å². The van der Waals surface area contributed by atoms with E-state index < -0.39 is 0 Å². The monoisotopic (exact) mass is 300 g/mol. The van der Waals surface area contributed by atoms with Gasteiger partial charge in [0.25, 0.3) is 0 Å². The number of hydrogen-bond acceptors (Lipinski definition) is 2. The molecule has 0 aliphatic heterocycles. The second-order valence-electron chi connectivity index (χ2n) is 4.66. The number of aryl methyl sites for hydroxylation is 1. The second kappa shape index (κ2) is 7.64. The van der Waals surface area contributed by atoms with Gasteiger partial charge >= 0.3 is 0 Å². The van der Waals surface area contributed by atoms with Gasteiger partial charge in [-0.1, -0.05) is 36.4 Å². The lowest BCUT2D eigenvalue weighted by Gasteiger charge is -2.14. The van der Waals surface area contributed by atoms with Gasteiger partial charge in [-0.05, 0) is 49.3 Å². The zero-order valence-corrected chi connectivity index (χ0v) is 13.2. The molecule has 2 aromatic carbocycles. The zero-order valence-electron chi connectivity index (χ0n) is 12.3. The molecule has 2 aromatic rings. The van der Waals surface area contributed by atoms with Crippen LogP contribution in [0.1, 0.15) is 18.1 Å². The summed E-state index contributed by atoms with van der Waals surface area (Å²) < 4.78 is 5.57. The summed E-state index contributed by atoms with van der Waals surface area (Å²) in [4.78, 5) is 0. The summed E-state index contributed by atoms with van der Waals surface area (Å²) in [5, 5.41) is 6.99. The molecule has 0 aliphatic carbocycles. The molecule has 0 radical (unpaired) electrons. The van der Waals surface area contributed by atoms with Crippen LogP contribution in [0.3, 0.4) is 0 Å². The van der Waals surface area contributed by atoms with Crippen LogP contribution in [0.15, 0.2) is 48.5 Å². The molecule has 4 heteroatoms. The van der Waals surface area contributed by atoms with Crippen molar-refractivity contribution in [1.29, 1.82) is 0 Å². The summed E-state index contributed by atoms with van der Waals surface area (Å²) in [6, 6.07) is 16.0. The first-order valence-electron chi connectivity index (χ1n) is 7.02. The third kappa shape index (κ3) is 4.46. The Hall–Kier alpha value is -2.07. The van der Waals surface area contributed by atoms with Gasteiger partial charge in [0, 0.05) is 6.54 Å². The van der Waals surface area contributed by atoms with Crippen LogP contribution < -0.4 is 15.4 Å². The third-order valence-electron chi connectivity index (χ3n) is 3.14. The summed E-state index contributed by atoms with van der Waals surface area (Å²) >= 11 is 5.34. The van der Waals surface area contributed by atoms with Gasteiger partial charge in [-0.15, -0.1) is 0 Å². The van der Waals surface area contributed by atoms with Gasteiger partial charge in [-0.3, -0.25) is 0 Å². The molecule has 0 atom stereocenters. The lowest BCUT2D eigenvalue weighted by atomic mass is 10.1. The molecule has 0 heterocycles. The van der Waals surface area contributed by atoms with Crippen molar-refractivity contribution in [3.8, 4) is 5.75 Å². The summed E-state index contributed by atoms with van der Waals surface area (Å²) in [5.74, 6) is 0.806. The Morgan fingerprint density at radius 3 is 2.57 bits per heavy atom. The van der Waals surface area contributed by atoms with Crippen LogP contribution in [0.5, 0.6) is 5.75 Å². The maximum absolute atomic E-state index is 5.57. The Labute approximate surface area is 131 Å². The number of rotatable bonds is 5. The highest BCUT2D eigenvalue weighted by Crippen LogP contribution is 2.23. The minimum absolute atomic E-state index is 0.588. The number of anilines is 1. The van der Waals surface area contributed by atoms with Gasteiger partial charge in [-0.2, -0.15) is 0 Å². The Bertz CT molecular complexity index is 613. The number of thiocarbonyl (C=S) groups is 1. The normalized spacial score (nSPS) is 10.0. The Balaban J connectivity index is 1.95. The van der Waals surface area contributed by atoms with E-state index in [1.54, 1.807) is 0 Å². The summed E-state index contributed by atoms with van der Waals surface area (Å²) in [6.45, 7) is 5.39. The van der Waals surface area contributed by atoms with Crippen LogP contribution in [0.2, 0.25) is 0 Å². The van der Waals surface area contributed by atoms with Crippen molar-refractivity contribution >= 4 is 23.0 Å². The predicted octanol–water partition coefficient (Wildman–Crippen LogP) is 3.88. The Morgan fingerprint density at radius 1 is 1.10 bits per heavy atom. The predicted molar refractivity (Wildman–Crippen MR) is 91.9 cm³/mol. The Morgan fingerprint density at radius 2 is 1.81 bits per heavy atom. The molecular weight excluding hydrogens is 280 g/mol. The van der Waals surface area contributed by atoms with Crippen LogP contribution in [0.4, 0.5) is 5.69 Å². The molecule has 0 bridgehead atoms. The van der Waals surface area contributed by atoms with E-state index >= 15 is 0 Å². The van der Waals surface area contributed by atoms with E-state index in [0.29, 0.717) is 18.3 Å². The van der Waals surface area contributed by atoms with Crippen molar-refractivity contribution in [2.75, 3.05) is 11.9 Å². The van der Waals surface area contributed by atoms with Crippen molar-refractivity contribution < 1.29 is 4.74 Å². The minimum Gasteiger partial charge on any atom is -0.492 e. The fourth-order valence-electron chi connectivity index (χ4n) is 2.00. The molecule has 0 amide bonds. The smallest absolute Gasteiger partial charge is 0.171 e. The van der Waals surface area contributed by atoms with Gasteiger partial charge < -0.3 is 15.4 Å². The maximum Gasteiger partial charge on any atom is 0.171 e. The fraction of sp³-hybridized carbons (Fsp3) is 0.235. The molecule has 2 N–H and O–H groups in total. The second-order valence-corrected chi connectivity index (χ2v) is 5.07. The van der Waals surface area contributed by atoms with E-state index in [9.17, 15) is 0 Å². The molecule has 110 valence electrons. The molecule has 0 saturated carbocycles. The first kappa shape index (κ1) is 15.3. The van der Waals surface area contributed by atoms with Crippen LogP contribution >= 0.6 is 12.2 Å². The van der Waals surface area contributed by atoms with Gasteiger partial charge in [0.2, 0.25) is 0 Å². The standard InChI is InChI=1S/C17H20N2OS/c1-3-20-16-11-7-6-10-15(16)19-17(21)18-12-14-9-5-4-8-13(14)2/h4-11H,3,12H2,1-2H3,(H2,18,19,21). The number of ether oxygens (including phenoxy) is 1. The van der Waals surface area contributed by atoms with E-state index in [-0.39, 0.29) is 0 Å². The largest absolute Gasteiger partial charge is 0.492 e.